The fourth-order valence-electron chi connectivity index (χ4n) is 4.03. The maximum Gasteiger partial charge on any atom is 0.348 e. The third-order valence-electron chi connectivity index (χ3n) is 5.63. The van der Waals surface area contributed by atoms with Crippen molar-refractivity contribution in [2.24, 2.45) is 0 Å². The fourth-order valence-corrected chi connectivity index (χ4v) is 4.03. The number of rotatable bonds is 5. The first-order valence-electron chi connectivity index (χ1n) is 10.6. The zero-order valence-corrected chi connectivity index (χ0v) is 18.1. The summed E-state index contributed by atoms with van der Waals surface area (Å²) in [4.78, 5) is 40.0. The molecule has 3 aromatic carbocycles. The van der Waals surface area contributed by atoms with Gasteiger partial charge in [-0.1, -0.05) is 72.8 Å². The second-order valence-corrected chi connectivity index (χ2v) is 7.90. The third-order valence-corrected chi connectivity index (χ3v) is 5.63. The van der Waals surface area contributed by atoms with E-state index in [1.807, 2.05) is 0 Å². The van der Waals surface area contributed by atoms with Crippen LogP contribution in [0.4, 0.5) is 11.4 Å². The SMILES string of the molecule is CC1CC(=O)Nc2ccccc2N1C(=O)COC(=O)C(O)(c1ccccc1)c1ccccc1. The van der Waals surface area contributed by atoms with E-state index >= 15 is 0 Å². The first-order chi connectivity index (χ1) is 15.9. The summed E-state index contributed by atoms with van der Waals surface area (Å²) in [6.45, 7) is 1.17. The number of hydrogen-bond donors (Lipinski definition) is 2. The third kappa shape index (κ3) is 4.36. The maximum absolute atomic E-state index is 13.2. The van der Waals surface area contributed by atoms with Gasteiger partial charge in [0.05, 0.1) is 11.4 Å². The first kappa shape index (κ1) is 22.2. The highest BCUT2D eigenvalue weighted by molar-refractivity contribution is 6.05. The van der Waals surface area contributed by atoms with E-state index in [4.69, 9.17) is 4.74 Å². The summed E-state index contributed by atoms with van der Waals surface area (Å²) in [5.74, 6) is -1.66. The average molecular weight is 444 g/mol. The highest BCUT2D eigenvalue weighted by Gasteiger charge is 2.42. The molecule has 1 aliphatic rings. The van der Waals surface area contributed by atoms with Crippen LogP contribution >= 0.6 is 0 Å². The number of amides is 2. The van der Waals surface area contributed by atoms with E-state index in [1.54, 1.807) is 91.9 Å². The molecule has 1 aliphatic heterocycles. The Kier molecular flexibility index (Phi) is 6.24. The van der Waals surface area contributed by atoms with Crippen LogP contribution in [0.1, 0.15) is 24.5 Å². The number of nitrogens with one attached hydrogen (secondary N) is 1. The summed E-state index contributed by atoms with van der Waals surface area (Å²) < 4.78 is 5.38. The molecule has 0 radical (unpaired) electrons. The van der Waals surface area contributed by atoms with Crippen LogP contribution in [-0.2, 0) is 24.7 Å². The largest absolute Gasteiger partial charge is 0.453 e. The molecule has 7 nitrogen and oxygen atoms in total. The number of fused-ring (bicyclic) bond motifs is 1. The van der Waals surface area contributed by atoms with E-state index < -0.39 is 30.1 Å². The zero-order valence-electron chi connectivity index (χ0n) is 18.1. The lowest BCUT2D eigenvalue weighted by Crippen LogP contribution is -2.44. The molecule has 2 amide bonds. The molecule has 3 aromatic rings. The quantitative estimate of drug-likeness (QED) is 0.589. The van der Waals surface area contributed by atoms with Crippen molar-refractivity contribution in [3.8, 4) is 0 Å². The van der Waals surface area contributed by atoms with Crippen LogP contribution in [0.3, 0.4) is 0 Å². The molecule has 0 bridgehead atoms. The van der Waals surface area contributed by atoms with Crippen LogP contribution in [0.2, 0.25) is 0 Å². The molecule has 0 saturated carbocycles. The standard InChI is InChI=1S/C26H24N2O5/c1-18-16-23(29)27-21-14-8-9-15-22(21)28(18)24(30)17-33-25(31)26(32,19-10-4-2-5-11-19)20-12-6-3-7-13-20/h2-15,18,32H,16-17H2,1H3,(H,27,29). The Bertz CT molecular complexity index is 1120. The molecule has 1 heterocycles. The van der Waals surface area contributed by atoms with Crippen molar-refractivity contribution in [1.82, 2.24) is 0 Å². The minimum atomic E-state index is -2.08. The van der Waals surface area contributed by atoms with Crippen LogP contribution in [0.15, 0.2) is 84.9 Å². The Morgan fingerprint density at radius 3 is 2.12 bits per heavy atom. The molecule has 0 saturated heterocycles. The van der Waals surface area contributed by atoms with Gasteiger partial charge in [-0.3, -0.25) is 9.59 Å². The number of ether oxygens (including phenoxy) is 1. The number of esters is 1. The molecule has 1 unspecified atom stereocenters. The summed E-state index contributed by atoms with van der Waals surface area (Å²) in [6.07, 6.45) is 0.104. The van der Waals surface area contributed by atoms with Crippen molar-refractivity contribution in [2.45, 2.75) is 25.0 Å². The smallest absolute Gasteiger partial charge is 0.348 e. The monoisotopic (exact) mass is 444 g/mol. The van der Waals surface area contributed by atoms with Crippen LogP contribution < -0.4 is 10.2 Å². The van der Waals surface area contributed by atoms with Crippen LogP contribution in [-0.4, -0.2) is 35.5 Å². The molecular weight excluding hydrogens is 420 g/mol. The van der Waals surface area contributed by atoms with Gasteiger partial charge in [0.25, 0.3) is 5.91 Å². The summed E-state index contributed by atoms with van der Waals surface area (Å²) in [5.41, 5.74) is -0.383. The van der Waals surface area contributed by atoms with Crippen LogP contribution in [0.25, 0.3) is 0 Å². The summed E-state index contributed by atoms with van der Waals surface area (Å²) >= 11 is 0. The molecule has 0 aromatic heterocycles. The number of aliphatic hydroxyl groups is 1. The van der Waals surface area contributed by atoms with Gasteiger partial charge in [-0.2, -0.15) is 0 Å². The van der Waals surface area contributed by atoms with Gasteiger partial charge in [0.15, 0.2) is 6.61 Å². The van der Waals surface area contributed by atoms with Gasteiger partial charge >= 0.3 is 5.97 Å². The number of carbonyl (C=O) groups excluding carboxylic acids is 3. The number of nitrogens with zero attached hydrogens (tertiary/aromatic N) is 1. The van der Waals surface area contributed by atoms with Gasteiger partial charge in [0.2, 0.25) is 11.5 Å². The molecule has 0 spiro atoms. The first-order valence-corrected chi connectivity index (χ1v) is 10.6. The van der Waals surface area contributed by atoms with Crippen molar-refractivity contribution in [1.29, 1.82) is 0 Å². The normalized spacial score (nSPS) is 15.8. The van der Waals surface area contributed by atoms with Crippen LogP contribution in [0, 0.1) is 0 Å². The van der Waals surface area contributed by atoms with Gasteiger partial charge in [-0.05, 0) is 30.2 Å². The van der Waals surface area contributed by atoms with Gasteiger partial charge in [-0.25, -0.2) is 4.79 Å². The lowest BCUT2D eigenvalue weighted by atomic mass is 9.86. The average Bonchev–Trinajstić information content (AvgIpc) is 2.97. The topological polar surface area (TPSA) is 95.9 Å². The minimum absolute atomic E-state index is 0.104. The molecule has 7 heteroatoms. The summed E-state index contributed by atoms with van der Waals surface area (Å²) in [7, 11) is 0. The van der Waals surface area contributed by atoms with Crippen molar-refractivity contribution in [2.75, 3.05) is 16.8 Å². The van der Waals surface area contributed by atoms with E-state index in [1.165, 1.54) is 4.90 Å². The second-order valence-electron chi connectivity index (χ2n) is 7.90. The van der Waals surface area contributed by atoms with E-state index in [9.17, 15) is 19.5 Å². The number of anilines is 2. The molecule has 0 fully saturated rings. The van der Waals surface area contributed by atoms with Crippen LogP contribution in [0.5, 0.6) is 0 Å². The zero-order chi connectivity index (χ0) is 23.4. The van der Waals surface area contributed by atoms with Crippen molar-refractivity contribution in [3.63, 3.8) is 0 Å². The number of benzene rings is 3. The maximum atomic E-state index is 13.2. The molecule has 0 aliphatic carbocycles. The lowest BCUT2D eigenvalue weighted by Gasteiger charge is -2.29. The summed E-state index contributed by atoms with van der Waals surface area (Å²) in [5, 5.41) is 14.3. The van der Waals surface area contributed by atoms with Crippen molar-refractivity contribution >= 4 is 29.2 Å². The Labute approximate surface area is 191 Å². The molecule has 168 valence electrons. The molecular formula is C26H24N2O5. The fraction of sp³-hybridized carbons (Fsp3) is 0.192. The van der Waals surface area contributed by atoms with E-state index in [-0.39, 0.29) is 12.3 Å². The molecule has 2 N–H and O–H groups in total. The molecule has 1 atom stereocenters. The van der Waals surface area contributed by atoms with Gasteiger partial charge in [0.1, 0.15) is 0 Å². The lowest BCUT2D eigenvalue weighted by molar-refractivity contribution is -0.164. The number of para-hydroxylation sites is 2. The van der Waals surface area contributed by atoms with E-state index in [0.29, 0.717) is 22.5 Å². The highest BCUT2D eigenvalue weighted by Crippen LogP contribution is 2.33. The predicted octanol–water partition coefficient (Wildman–Crippen LogP) is 3.23. The van der Waals surface area contributed by atoms with E-state index in [2.05, 4.69) is 5.32 Å². The van der Waals surface area contributed by atoms with Crippen molar-refractivity contribution < 1.29 is 24.2 Å². The van der Waals surface area contributed by atoms with Gasteiger partial charge in [-0.15, -0.1) is 0 Å². The number of carbonyl (C=O) groups is 3. The van der Waals surface area contributed by atoms with Gasteiger partial charge in [0, 0.05) is 12.5 Å². The van der Waals surface area contributed by atoms with E-state index in [0.717, 1.165) is 0 Å². The summed E-state index contributed by atoms with van der Waals surface area (Å²) in [6, 6.07) is 23.4. The molecule has 33 heavy (non-hydrogen) atoms. The Morgan fingerprint density at radius 2 is 1.52 bits per heavy atom. The predicted molar refractivity (Wildman–Crippen MR) is 123 cm³/mol. The Morgan fingerprint density at radius 1 is 0.970 bits per heavy atom. The highest BCUT2D eigenvalue weighted by atomic mass is 16.6. The second kappa shape index (κ2) is 9.26. The minimum Gasteiger partial charge on any atom is -0.453 e. The van der Waals surface area contributed by atoms with Gasteiger partial charge < -0.3 is 20.1 Å². The van der Waals surface area contributed by atoms with Crippen molar-refractivity contribution in [3.05, 3.63) is 96.1 Å². The Balaban J connectivity index is 1.59. The number of hydrogen-bond acceptors (Lipinski definition) is 5. The Hall–Kier alpha value is -3.97. The molecule has 4 rings (SSSR count).